The van der Waals surface area contributed by atoms with Gasteiger partial charge >= 0.3 is 0 Å². The molecule has 18 heavy (non-hydrogen) atoms. The van der Waals surface area contributed by atoms with Crippen LogP contribution in [0, 0.1) is 5.92 Å². The molecule has 1 saturated heterocycles. The third kappa shape index (κ3) is 3.71. The highest BCUT2D eigenvalue weighted by Gasteiger charge is 2.24. The molecule has 0 amide bonds. The highest BCUT2D eigenvalue weighted by molar-refractivity contribution is 6.31. The van der Waals surface area contributed by atoms with Gasteiger partial charge < -0.3 is 10.1 Å². The molecule has 2 rings (SSSR count). The summed E-state index contributed by atoms with van der Waals surface area (Å²) in [6, 6.07) is 8.56. The first-order valence-electron chi connectivity index (χ1n) is 6.75. The van der Waals surface area contributed by atoms with E-state index in [2.05, 4.69) is 25.2 Å². The molecule has 3 heteroatoms. The molecule has 1 N–H and O–H groups in total. The molecule has 2 atom stereocenters. The summed E-state index contributed by atoms with van der Waals surface area (Å²) in [5, 5.41) is 4.44. The van der Waals surface area contributed by atoms with Crippen molar-refractivity contribution in [3.05, 3.63) is 34.9 Å². The molecule has 2 nitrogen and oxygen atoms in total. The van der Waals surface area contributed by atoms with E-state index in [4.69, 9.17) is 16.3 Å². The summed E-state index contributed by atoms with van der Waals surface area (Å²) >= 11 is 6.16. The number of nitrogens with one attached hydrogen (secondary N) is 1. The average Bonchev–Trinajstić information content (AvgIpc) is 2.38. The molecule has 2 unspecified atom stereocenters. The van der Waals surface area contributed by atoms with E-state index in [9.17, 15) is 0 Å². The van der Waals surface area contributed by atoms with Gasteiger partial charge in [-0.3, -0.25) is 0 Å². The monoisotopic (exact) mass is 267 g/mol. The van der Waals surface area contributed by atoms with Crippen LogP contribution in [0.5, 0.6) is 0 Å². The molecule has 1 aromatic carbocycles. The van der Waals surface area contributed by atoms with Crippen molar-refractivity contribution in [2.24, 2.45) is 5.92 Å². The molecule has 0 aromatic heterocycles. The van der Waals surface area contributed by atoms with E-state index in [0.29, 0.717) is 18.1 Å². The quantitative estimate of drug-likeness (QED) is 0.899. The molecular weight excluding hydrogens is 246 g/mol. The van der Waals surface area contributed by atoms with Gasteiger partial charge in [0.25, 0.3) is 0 Å². The molecule has 0 aliphatic carbocycles. The fraction of sp³-hybridized carbons (Fsp3) is 0.600. The number of ether oxygens (including phenoxy) is 1. The van der Waals surface area contributed by atoms with Crippen LogP contribution in [-0.4, -0.2) is 18.8 Å². The Bertz CT molecular complexity index is 381. The lowest BCUT2D eigenvalue weighted by molar-refractivity contribution is -0.0245. The highest BCUT2D eigenvalue weighted by Crippen LogP contribution is 2.21. The van der Waals surface area contributed by atoms with Gasteiger partial charge in [-0.25, -0.2) is 0 Å². The van der Waals surface area contributed by atoms with Gasteiger partial charge in [0.05, 0.1) is 6.10 Å². The fourth-order valence-corrected chi connectivity index (χ4v) is 2.58. The normalized spacial score (nSPS) is 24.4. The van der Waals surface area contributed by atoms with Crippen LogP contribution in [0.15, 0.2) is 24.3 Å². The Labute approximate surface area is 115 Å². The van der Waals surface area contributed by atoms with Gasteiger partial charge in [-0.1, -0.05) is 43.6 Å². The first-order valence-corrected chi connectivity index (χ1v) is 7.13. The number of hydrogen-bond acceptors (Lipinski definition) is 2. The number of halogens is 1. The van der Waals surface area contributed by atoms with Gasteiger partial charge in [0.2, 0.25) is 0 Å². The van der Waals surface area contributed by atoms with Crippen molar-refractivity contribution < 1.29 is 4.74 Å². The molecule has 0 spiro atoms. The minimum absolute atomic E-state index is 0.391. The largest absolute Gasteiger partial charge is 0.378 e. The molecule has 1 fully saturated rings. The first kappa shape index (κ1) is 13.9. The Morgan fingerprint density at radius 3 is 2.89 bits per heavy atom. The molecule has 1 aromatic rings. The lowest BCUT2D eigenvalue weighted by Gasteiger charge is -2.32. The van der Waals surface area contributed by atoms with Crippen molar-refractivity contribution in [2.45, 2.75) is 45.4 Å². The van der Waals surface area contributed by atoms with Crippen LogP contribution in [0.1, 0.15) is 32.3 Å². The lowest BCUT2D eigenvalue weighted by atomic mass is 9.95. The van der Waals surface area contributed by atoms with Crippen LogP contribution in [-0.2, 0) is 11.3 Å². The zero-order valence-electron chi connectivity index (χ0n) is 11.2. The first-order chi connectivity index (χ1) is 8.66. The number of benzene rings is 1. The van der Waals surface area contributed by atoms with E-state index in [1.807, 2.05) is 18.2 Å². The van der Waals surface area contributed by atoms with Crippen molar-refractivity contribution in [3.63, 3.8) is 0 Å². The molecule has 1 aliphatic heterocycles. The Kier molecular flexibility index (Phi) is 5.04. The molecule has 1 heterocycles. The predicted octanol–water partition coefficient (Wildman–Crippen LogP) is 3.63. The zero-order chi connectivity index (χ0) is 13.0. The predicted molar refractivity (Wildman–Crippen MR) is 75.9 cm³/mol. The summed E-state index contributed by atoms with van der Waals surface area (Å²) in [5.41, 5.74) is 1.17. The van der Waals surface area contributed by atoms with E-state index in [1.54, 1.807) is 0 Å². The summed E-state index contributed by atoms with van der Waals surface area (Å²) < 4.78 is 5.78. The van der Waals surface area contributed by atoms with Crippen molar-refractivity contribution in [1.29, 1.82) is 0 Å². The second-order valence-corrected chi connectivity index (χ2v) is 5.75. The number of rotatable bonds is 4. The van der Waals surface area contributed by atoms with Crippen molar-refractivity contribution >= 4 is 11.6 Å². The summed E-state index contributed by atoms with van der Waals surface area (Å²) in [6.45, 7) is 6.15. The maximum atomic E-state index is 6.16. The van der Waals surface area contributed by atoms with Gasteiger partial charge in [-0.2, -0.15) is 0 Å². The topological polar surface area (TPSA) is 21.3 Å². The molecule has 100 valence electrons. The third-order valence-corrected chi connectivity index (χ3v) is 3.97. The third-order valence-electron chi connectivity index (χ3n) is 3.60. The minimum atomic E-state index is 0.391. The molecule has 0 saturated carbocycles. The van der Waals surface area contributed by atoms with Crippen molar-refractivity contribution in [2.75, 3.05) is 6.61 Å². The van der Waals surface area contributed by atoms with E-state index in [0.717, 1.165) is 31.0 Å². The summed E-state index contributed by atoms with van der Waals surface area (Å²) in [4.78, 5) is 0. The standard InChI is InChI=1S/C15H22ClNO/c1-11(2)15-9-13(7-8-18-15)17-10-12-5-3-4-6-14(12)16/h3-6,11,13,15,17H,7-10H2,1-2H3. The van der Waals surface area contributed by atoms with Gasteiger partial charge in [0.15, 0.2) is 0 Å². The van der Waals surface area contributed by atoms with E-state index in [-0.39, 0.29) is 0 Å². The van der Waals surface area contributed by atoms with E-state index < -0.39 is 0 Å². The number of hydrogen-bond donors (Lipinski definition) is 1. The molecule has 0 radical (unpaired) electrons. The van der Waals surface area contributed by atoms with Gasteiger partial charge in [0, 0.05) is 24.2 Å². The maximum Gasteiger partial charge on any atom is 0.0612 e. The second-order valence-electron chi connectivity index (χ2n) is 5.35. The van der Waals surface area contributed by atoms with Gasteiger partial charge in [0.1, 0.15) is 0 Å². The van der Waals surface area contributed by atoms with Crippen LogP contribution in [0.25, 0.3) is 0 Å². The van der Waals surface area contributed by atoms with Gasteiger partial charge in [-0.05, 0) is 30.4 Å². The molecular formula is C15H22ClNO. The SMILES string of the molecule is CC(C)C1CC(NCc2ccccc2Cl)CCO1. The van der Waals surface area contributed by atoms with Crippen LogP contribution in [0.4, 0.5) is 0 Å². The smallest absolute Gasteiger partial charge is 0.0612 e. The van der Waals surface area contributed by atoms with Crippen LogP contribution >= 0.6 is 11.6 Å². The minimum Gasteiger partial charge on any atom is -0.378 e. The van der Waals surface area contributed by atoms with Crippen LogP contribution in [0.3, 0.4) is 0 Å². The van der Waals surface area contributed by atoms with Gasteiger partial charge in [-0.15, -0.1) is 0 Å². The van der Waals surface area contributed by atoms with Crippen molar-refractivity contribution in [3.8, 4) is 0 Å². The van der Waals surface area contributed by atoms with Crippen molar-refractivity contribution in [1.82, 2.24) is 5.32 Å². The Morgan fingerprint density at radius 2 is 2.17 bits per heavy atom. The average molecular weight is 268 g/mol. The zero-order valence-corrected chi connectivity index (χ0v) is 11.9. The second kappa shape index (κ2) is 6.55. The summed E-state index contributed by atoms with van der Waals surface area (Å²) in [5.74, 6) is 0.593. The summed E-state index contributed by atoms with van der Waals surface area (Å²) in [7, 11) is 0. The Balaban J connectivity index is 1.85. The molecule has 0 bridgehead atoms. The van der Waals surface area contributed by atoms with Crippen LogP contribution in [0.2, 0.25) is 5.02 Å². The summed E-state index contributed by atoms with van der Waals surface area (Å²) in [6.07, 6.45) is 2.58. The molecule has 1 aliphatic rings. The van der Waals surface area contributed by atoms with E-state index >= 15 is 0 Å². The van der Waals surface area contributed by atoms with Crippen LogP contribution < -0.4 is 5.32 Å². The van der Waals surface area contributed by atoms with E-state index in [1.165, 1.54) is 5.56 Å². The highest BCUT2D eigenvalue weighted by atomic mass is 35.5. The Morgan fingerprint density at radius 1 is 1.39 bits per heavy atom. The fourth-order valence-electron chi connectivity index (χ4n) is 2.37. The maximum absolute atomic E-state index is 6.16. The Hall–Kier alpha value is -0.570. The lowest BCUT2D eigenvalue weighted by Crippen LogP contribution is -2.40.